The minimum atomic E-state index is -0.135. The fourth-order valence-electron chi connectivity index (χ4n) is 1.25. The topological polar surface area (TPSA) is 29.1 Å². The van der Waals surface area contributed by atoms with Crippen molar-refractivity contribution in [1.82, 2.24) is 5.32 Å². The summed E-state index contributed by atoms with van der Waals surface area (Å²) in [6.45, 7) is 5.95. The number of hydrogen-bond acceptors (Lipinski definition) is 2. The number of carbonyl (C=O) groups excluding carboxylic acids is 1. The number of thioether (sulfide) groups is 1. The Balaban J connectivity index is 2.57. The van der Waals surface area contributed by atoms with Gasteiger partial charge in [0.25, 0.3) is 0 Å². The van der Waals surface area contributed by atoms with Gasteiger partial charge in [0, 0.05) is 10.9 Å². The van der Waals surface area contributed by atoms with E-state index in [0.29, 0.717) is 5.02 Å². The van der Waals surface area contributed by atoms with E-state index in [1.54, 1.807) is 0 Å². The SMILES string of the molecule is CCC(C)NC(=O)C(C)Sc1ccccc1Cl. The van der Waals surface area contributed by atoms with Crippen LogP contribution >= 0.6 is 23.4 Å². The van der Waals surface area contributed by atoms with Crippen molar-refractivity contribution >= 4 is 29.3 Å². The minimum absolute atomic E-state index is 0.0595. The van der Waals surface area contributed by atoms with Crippen LogP contribution in [0.5, 0.6) is 0 Å². The summed E-state index contributed by atoms with van der Waals surface area (Å²) < 4.78 is 0. The number of nitrogens with one attached hydrogen (secondary N) is 1. The Morgan fingerprint density at radius 3 is 2.65 bits per heavy atom. The molecule has 0 saturated heterocycles. The van der Waals surface area contributed by atoms with Crippen molar-refractivity contribution in [2.75, 3.05) is 0 Å². The maximum Gasteiger partial charge on any atom is 0.233 e. The summed E-state index contributed by atoms with van der Waals surface area (Å²) in [7, 11) is 0. The molecule has 0 radical (unpaired) electrons. The molecule has 0 spiro atoms. The molecule has 1 N–H and O–H groups in total. The van der Waals surface area contributed by atoms with Crippen LogP contribution in [0.1, 0.15) is 27.2 Å². The van der Waals surface area contributed by atoms with Crippen LogP contribution in [0.2, 0.25) is 5.02 Å². The van der Waals surface area contributed by atoms with Crippen molar-refractivity contribution in [3.8, 4) is 0 Å². The van der Waals surface area contributed by atoms with Crippen molar-refractivity contribution in [3.63, 3.8) is 0 Å². The highest BCUT2D eigenvalue weighted by atomic mass is 35.5. The van der Waals surface area contributed by atoms with E-state index in [0.717, 1.165) is 11.3 Å². The number of benzene rings is 1. The first kappa shape index (κ1) is 14.4. The van der Waals surface area contributed by atoms with E-state index in [1.807, 2.05) is 38.1 Å². The molecule has 1 amide bonds. The minimum Gasteiger partial charge on any atom is -0.353 e. The molecule has 1 aromatic carbocycles. The van der Waals surface area contributed by atoms with Crippen molar-refractivity contribution < 1.29 is 4.79 Å². The van der Waals surface area contributed by atoms with Crippen LogP contribution in [-0.2, 0) is 4.79 Å². The number of carbonyl (C=O) groups is 1. The van der Waals surface area contributed by atoms with Crippen LogP contribution < -0.4 is 5.32 Å². The molecule has 94 valence electrons. The average molecular weight is 272 g/mol. The first-order valence-electron chi connectivity index (χ1n) is 5.76. The summed E-state index contributed by atoms with van der Waals surface area (Å²) in [5.41, 5.74) is 0. The fraction of sp³-hybridized carbons (Fsp3) is 0.462. The second kappa shape index (κ2) is 6.92. The normalized spacial score (nSPS) is 14.1. The molecule has 0 aliphatic heterocycles. The zero-order valence-corrected chi connectivity index (χ0v) is 11.9. The molecular formula is C13H18ClNOS. The molecule has 0 bridgehead atoms. The molecule has 1 aromatic rings. The van der Waals surface area contributed by atoms with Gasteiger partial charge in [-0.05, 0) is 32.4 Å². The quantitative estimate of drug-likeness (QED) is 0.827. The molecule has 0 aromatic heterocycles. The second-order valence-electron chi connectivity index (χ2n) is 4.01. The van der Waals surface area contributed by atoms with Crippen molar-refractivity contribution in [3.05, 3.63) is 29.3 Å². The molecule has 0 aliphatic carbocycles. The van der Waals surface area contributed by atoms with Gasteiger partial charge in [0.1, 0.15) is 0 Å². The zero-order valence-electron chi connectivity index (χ0n) is 10.4. The van der Waals surface area contributed by atoms with Crippen molar-refractivity contribution in [1.29, 1.82) is 0 Å². The largest absolute Gasteiger partial charge is 0.353 e. The van der Waals surface area contributed by atoms with E-state index < -0.39 is 0 Å². The van der Waals surface area contributed by atoms with Crippen LogP contribution in [0.4, 0.5) is 0 Å². The van der Waals surface area contributed by atoms with E-state index in [1.165, 1.54) is 11.8 Å². The van der Waals surface area contributed by atoms with E-state index >= 15 is 0 Å². The molecule has 0 fully saturated rings. The third kappa shape index (κ3) is 4.60. The lowest BCUT2D eigenvalue weighted by atomic mass is 10.2. The molecule has 0 aliphatic rings. The fourth-order valence-corrected chi connectivity index (χ4v) is 2.41. The molecule has 2 nitrogen and oxygen atoms in total. The van der Waals surface area contributed by atoms with Gasteiger partial charge in [-0.2, -0.15) is 0 Å². The van der Waals surface area contributed by atoms with Gasteiger partial charge in [0.2, 0.25) is 5.91 Å². The number of amides is 1. The lowest BCUT2D eigenvalue weighted by Gasteiger charge is -2.16. The van der Waals surface area contributed by atoms with Gasteiger partial charge in [-0.25, -0.2) is 0 Å². The molecule has 2 unspecified atom stereocenters. The standard InChI is InChI=1S/C13H18ClNOS/c1-4-9(2)15-13(16)10(3)17-12-8-6-5-7-11(12)14/h5-10H,4H2,1-3H3,(H,15,16). The third-order valence-corrected chi connectivity index (χ3v) is 4.13. The summed E-state index contributed by atoms with van der Waals surface area (Å²) in [4.78, 5) is 12.8. The Labute approximate surface area is 112 Å². The van der Waals surface area contributed by atoms with Crippen LogP contribution in [0, 0.1) is 0 Å². The highest BCUT2D eigenvalue weighted by molar-refractivity contribution is 8.00. The number of hydrogen-bond donors (Lipinski definition) is 1. The lowest BCUT2D eigenvalue weighted by Crippen LogP contribution is -2.37. The van der Waals surface area contributed by atoms with E-state index in [2.05, 4.69) is 12.2 Å². The maximum atomic E-state index is 11.9. The first-order valence-corrected chi connectivity index (χ1v) is 7.02. The first-order chi connectivity index (χ1) is 8.04. The van der Waals surface area contributed by atoms with Gasteiger partial charge in [0.15, 0.2) is 0 Å². The van der Waals surface area contributed by atoms with E-state index in [4.69, 9.17) is 11.6 Å². The predicted octanol–water partition coefficient (Wildman–Crippen LogP) is 3.74. The van der Waals surface area contributed by atoms with Gasteiger partial charge in [-0.15, -0.1) is 11.8 Å². The molecule has 0 saturated carbocycles. The van der Waals surface area contributed by atoms with Gasteiger partial charge in [-0.1, -0.05) is 30.7 Å². The van der Waals surface area contributed by atoms with Crippen LogP contribution in [0.25, 0.3) is 0 Å². The van der Waals surface area contributed by atoms with Crippen LogP contribution in [-0.4, -0.2) is 17.2 Å². The third-order valence-electron chi connectivity index (χ3n) is 2.51. The summed E-state index contributed by atoms with van der Waals surface area (Å²) in [6.07, 6.45) is 0.940. The van der Waals surface area contributed by atoms with E-state index in [9.17, 15) is 4.79 Å². The molecule has 17 heavy (non-hydrogen) atoms. The summed E-state index contributed by atoms with van der Waals surface area (Å²) >= 11 is 7.54. The Hall–Kier alpha value is -0.670. The predicted molar refractivity (Wildman–Crippen MR) is 74.7 cm³/mol. The lowest BCUT2D eigenvalue weighted by molar-refractivity contribution is -0.120. The summed E-state index contributed by atoms with van der Waals surface area (Å²) in [6, 6.07) is 7.80. The van der Waals surface area contributed by atoms with Crippen LogP contribution in [0.3, 0.4) is 0 Å². The molecule has 2 atom stereocenters. The van der Waals surface area contributed by atoms with Crippen molar-refractivity contribution in [2.45, 2.75) is 43.4 Å². The number of halogens is 1. The summed E-state index contributed by atoms with van der Waals surface area (Å²) in [5, 5.41) is 3.53. The van der Waals surface area contributed by atoms with Gasteiger partial charge in [0.05, 0.1) is 10.3 Å². The van der Waals surface area contributed by atoms with Gasteiger partial charge in [-0.3, -0.25) is 4.79 Å². The highest BCUT2D eigenvalue weighted by Crippen LogP contribution is 2.29. The molecule has 1 rings (SSSR count). The Morgan fingerprint density at radius 2 is 2.06 bits per heavy atom. The van der Waals surface area contributed by atoms with Gasteiger partial charge >= 0.3 is 0 Å². The second-order valence-corrected chi connectivity index (χ2v) is 5.80. The molecular weight excluding hydrogens is 254 g/mol. The Bertz CT molecular complexity index is 383. The smallest absolute Gasteiger partial charge is 0.233 e. The highest BCUT2D eigenvalue weighted by Gasteiger charge is 2.16. The maximum absolute atomic E-state index is 11.9. The van der Waals surface area contributed by atoms with E-state index in [-0.39, 0.29) is 17.2 Å². The monoisotopic (exact) mass is 271 g/mol. The Kier molecular flexibility index (Phi) is 5.86. The molecule has 4 heteroatoms. The summed E-state index contributed by atoms with van der Waals surface area (Å²) in [5.74, 6) is 0.0595. The van der Waals surface area contributed by atoms with Crippen molar-refractivity contribution in [2.24, 2.45) is 0 Å². The van der Waals surface area contributed by atoms with Gasteiger partial charge < -0.3 is 5.32 Å². The number of rotatable bonds is 5. The average Bonchev–Trinajstić information content (AvgIpc) is 2.31. The zero-order chi connectivity index (χ0) is 12.8. The van der Waals surface area contributed by atoms with Crippen LogP contribution in [0.15, 0.2) is 29.2 Å². The molecule has 0 heterocycles. The Morgan fingerprint density at radius 1 is 1.41 bits per heavy atom.